The molecule has 0 aliphatic carbocycles. The summed E-state index contributed by atoms with van der Waals surface area (Å²) >= 11 is 6.21. The van der Waals surface area contributed by atoms with Crippen molar-refractivity contribution in [1.29, 1.82) is 0 Å². The van der Waals surface area contributed by atoms with Crippen LogP contribution in [0.15, 0.2) is 18.2 Å². The van der Waals surface area contributed by atoms with Crippen LogP contribution in [-0.2, 0) is 19.9 Å². The van der Waals surface area contributed by atoms with E-state index in [1.54, 1.807) is 30.8 Å². The van der Waals surface area contributed by atoms with Crippen LogP contribution in [0.3, 0.4) is 0 Å². The fourth-order valence-corrected chi connectivity index (χ4v) is 2.39. The smallest absolute Gasteiger partial charge is 0.168 e. The van der Waals surface area contributed by atoms with Crippen LogP contribution in [0.2, 0.25) is 5.02 Å². The highest BCUT2D eigenvalue weighted by atomic mass is 35.5. The molecule has 1 aromatic heterocycles. The van der Waals surface area contributed by atoms with Gasteiger partial charge in [-0.15, -0.1) is 0 Å². The van der Waals surface area contributed by atoms with Crippen LogP contribution in [0, 0.1) is 12.7 Å². The van der Waals surface area contributed by atoms with Gasteiger partial charge in [-0.05, 0) is 25.0 Å². The first-order valence-corrected chi connectivity index (χ1v) is 6.81. The van der Waals surface area contributed by atoms with Crippen LogP contribution in [0.5, 0.6) is 0 Å². The third kappa shape index (κ3) is 2.75. The van der Waals surface area contributed by atoms with Gasteiger partial charge in [0.05, 0.1) is 22.8 Å². The first-order valence-electron chi connectivity index (χ1n) is 6.43. The van der Waals surface area contributed by atoms with Gasteiger partial charge in [0.25, 0.3) is 0 Å². The summed E-state index contributed by atoms with van der Waals surface area (Å²) in [5, 5.41) is 4.79. The van der Waals surface area contributed by atoms with E-state index in [1.165, 1.54) is 6.07 Å². The number of nitrogens with zero attached hydrogens (tertiary/aromatic N) is 2. The Kier molecular flexibility index (Phi) is 4.23. The molecule has 0 saturated carbocycles. The van der Waals surface area contributed by atoms with Crippen LogP contribution in [-0.4, -0.2) is 15.6 Å². The molecule has 0 unspecified atom stereocenters. The second-order valence-electron chi connectivity index (χ2n) is 4.75. The number of carbonyl (C=O) groups is 1. The molecule has 3 nitrogen and oxygen atoms in total. The second kappa shape index (κ2) is 5.75. The van der Waals surface area contributed by atoms with Crippen molar-refractivity contribution in [2.24, 2.45) is 7.05 Å². The summed E-state index contributed by atoms with van der Waals surface area (Å²) in [6.45, 7) is 3.62. The van der Waals surface area contributed by atoms with Crippen molar-refractivity contribution in [3.05, 3.63) is 51.6 Å². The number of Topliss-reactive ketones (excluding diaryl/α,β-unsaturated/α-hetero) is 1. The molecule has 0 fully saturated rings. The number of ketones is 1. The second-order valence-corrected chi connectivity index (χ2v) is 5.13. The van der Waals surface area contributed by atoms with E-state index in [4.69, 9.17) is 11.6 Å². The number of carbonyl (C=O) groups excluding carboxylic acids is 1. The predicted molar refractivity (Wildman–Crippen MR) is 76.8 cm³/mol. The first-order chi connectivity index (χ1) is 9.43. The van der Waals surface area contributed by atoms with Gasteiger partial charge in [0, 0.05) is 12.6 Å². The zero-order chi connectivity index (χ0) is 14.9. The van der Waals surface area contributed by atoms with E-state index in [0.717, 1.165) is 5.69 Å². The normalized spacial score (nSPS) is 10.8. The molecule has 0 saturated heterocycles. The van der Waals surface area contributed by atoms with Gasteiger partial charge in [-0.1, -0.05) is 30.7 Å². The standard InChI is InChI=1S/C15H16ClFN2O/c1-4-12-15(16)13(19(3)18-12)8-14(20)10-6-5-9(2)11(17)7-10/h5-7H,4,8H2,1-3H3. The van der Waals surface area contributed by atoms with Gasteiger partial charge in [0.15, 0.2) is 5.78 Å². The van der Waals surface area contributed by atoms with E-state index in [9.17, 15) is 9.18 Å². The Morgan fingerprint density at radius 1 is 1.45 bits per heavy atom. The molecular formula is C15H16ClFN2O. The summed E-state index contributed by atoms with van der Waals surface area (Å²) in [6, 6.07) is 4.50. The summed E-state index contributed by atoms with van der Waals surface area (Å²) in [6.07, 6.45) is 0.824. The average Bonchev–Trinajstić information content (AvgIpc) is 2.69. The van der Waals surface area contributed by atoms with Crippen LogP contribution in [0.1, 0.15) is 34.2 Å². The number of halogens is 2. The van der Waals surface area contributed by atoms with Crippen molar-refractivity contribution in [2.75, 3.05) is 0 Å². The topological polar surface area (TPSA) is 34.9 Å². The molecule has 0 aliphatic rings. The molecule has 0 radical (unpaired) electrons. The SMILES string of the molecule is CCc1nn(C)c(CC(=O)c2ccc(C)c(F)c2)c1Cl. The monoisotopic (exact) mass is 294 g/mol. The quantitative estimate of drug-likeness (QED) is 0.809. The minimum absolute atomic E-state index is 0.116. The maximum Gasteiger partial charge on any atom is 0.168 e. The minimum Gasteiger partial charge on any atom is -0.294 e. The van der Waals surface area contributed by atoms with Gasteiger partial charge in [0.1, 0.15) is 5.82 Å². The zero-order valence-corrected chi connectivity index (χ0v) is 12.5. The highest BCUT2D eigenvalue weighted by molar-refractivity contribution is 6.32. The van der Waals surface area contributed by atoms with E-state index >= 15 is 0 Å². The van der Waals surface area contributed by atoms with Crippen LogP contribution in [0.4, 0.5) is 4.39 Å². The maximum absolute atomic E-state index is 13.5. The lowest BCUT2D eigenvalue weighted by molar-refractivity contribution is 0.0990. The van der Waals surface area contributed by atoms with Crippen LogP contribution >= 0.6 is 11.6 Å². The molecule has 0 aliphatic heterocycles. The van der Waals surface area contributed by atoms with Crippen LogP contribution in [0.25, 0.3) is 0 Å². The van der Waals surface area contributed by atoms with Gasteiger partial charge >= 0.3 is 0 Å². The van der Waals surface area contributed by atoms with E-state index in [2.05, 4.69) is 5.10 Å². The summed E-state index contributed by atoms with van der Waals surface area (Å²) in [7, 11) is 1.75. The van der Waals surface area contributed by atoms with E-state index in [-0.39, 0.29) is 18.0 Å². The highest BCUT2D eigenvalue weighted by Crippen LogP contribution is 2.22. The lowest BCUT2D eigenvalue weighted by atomic mass is 10.0. The third-order valence-corrected chi connectivity index (χ3v) is 3.76. The van der Waals surface area contributed by atoms with Gasteiger partial charge in [-0.2, -0.15) is 5.10 Å². The largest absolute Gasteiger partial charge is 0.294 e. The van der Waals surface area contributed by atoms with Crippen molar-refractivity contribution < 1.29 is 9.18 Å². The maximum atomic E-state index is 13.5. The molecule has 2 aromatic rings. The number of aromatic nitrogens is 2. The van der Waals surface area contributed by atoms with Crippen LogP contribution < -0.4 is 0 Å². The molecule has 0 spiro atoms. The molecule has 0 bridgehead atoms. The molecule has 106 valence electrons. The number of benzene rings is 1. The Labute approximate surface area is 122 Å². The van der Waals surface area contributed by atoms with Crippen molar-refractivity contribution >= 4 is 17.4 Å². The molecule has 0 N–H and O–H groups in total. The number of rotatable bonds is 4. The lowest BCUT2D eigenvalue weighted by Crippen LogP contribution is -2.08. The van der Waals surface area contributed by atoms with Crippen molar-refractivity contribution in [3.63, 3.8) is 0 Å². The predicted octanol–water partition coefficient (Wildman–Crippen LogP) is 3.51. The number of hydrogen-bond donors (Lipinski definition) is 0. The summed E-state index contributed by atoms with van der Waals surface area (Å²) in [5.41, 5.74) is 2.30. The Hall–Kier alpha value is -1.68. The van der Waals surface area contributed by atoms with Crippen molar-refractivity contribution in [2.45, 2.75) is 26.7 Å². The van der Waals surface area contributed by atoms with E-state index < -0.39 is 0 Å². The molecular weight excluding hydrogens is 279 g/mol. The summed E-state index contributed by atoms with van der Waals surface area (Å²) in [4.78, 5) is 12.2. The number of hydrogen-bond acceptors (Lipinski definition) is 2. The molecule has 1 aromatic carbocycles. The Morgan fingerprint density at radius 3 is 2.70 bits per heavy atom. The zero-order valence-electron chi connectivity index (χ0n) is 11.7. The Balaban J connectivity index is 2.28. The van der Waals surface area contributed by atoms with Gasteiger partial charge in [-0.3, -0.25) is 9.48 Å². The molecule has 1 heterocycles. The molecule has 2 rings (SSSR count). The summed E-state index contributed by atoms with van der Waals surface area (Å²) < 4.78 is 15.1. The lowest BCUT2D eigenvalue weighted by Gasteiger charge is -2.04. The van der Waals surface area contributed by atoms with Crippen molar-refractivity contribution in [3.8, 4) is 0 Å². The molecule has 5 heteroatoms. The Bertz CT molecular complexity index is 664. The fourth-order valence-electron chi connectivity index (χ4n) is 2.03. The molecule has 0 amide bonds. The fraction of sp³-hybridized carbons (Fsp3) is 0.333. The molecule has 0 atom stereocenters. The Morgan fingerprint density at radius 2 is 2.15 bits per heavy atom. The van der Waals surface area contributed by atoms with Crippen molar-refractivity contribution in [1.82, 2.24) is 9.78 Å². The third-order valence-electron chi connectivity index (χ3n) is 3.32. The minimum atomic E-state index is -0.374. The van der Waals surface area contributed by atoms with Gasteiger partial charge in [-0.25, -0.2) is 4.39 Å². The average molecular weight is 295 g/mol. The van der Waals surface area contributed by atoms with E-state index in [1.807, 2.05) is 6.92 Å². The molecule has 20 heavy (non-hydrogen) atoms. The van der Waals surface area contributed by atoms with E-state index in [0.29, 0.717) is 28.3 Å². The summed E-state index contributed by atoms with van der Waals surface area (Å²) in [5.74, 6) is -0.544. The number of aryl methyl sites for hydroxylation is 3. The van der Waals surface area contributed by atoms with Gasteiger partial charge in [0.2, 0.25) is 0 Å². The highest BCUT2D eigenvalue weighted by Gasteiger charge is 2.17. The van der Waals surface area contributed by atoms with Gasteiger partial charge < -0.3 is 0 Å². The first kappa shape index (κ1) is 14.7.